The maximum absolute atomic E-state index is 5.64. The van der Waals surface area contributed by atoms with Gasteiger partial charge in [0, 0.05) is 19.3 Å². The molecule has 0 aliphatic heterocycles. The van der Waals surface area contributed by atoms with E-state index in [1.165, 1.54) is 11.1 Å². The lowest BCUT2D eigenvalue weighted by atomic mass is 10.2. The molecule has 0 atom stereocenters. The van der Waals surface area contributed by atoms with Crippen LogP contribution in [0.5, 0.6) is 0 Å². The first-order valence-corrected chi connectivity index (χ1v) is 6.08. The molecule has 84 valence electrons. The Morgan fingerprint density at radius 3 is 2.81 bits per heavy atom. The van der Waals surface area contributed by atoms with Crippen molar-refractivity contribution in [2.75, 3.05) is 12.8 Å². The van der Waals surface area contributed by atoms with Crippen LogP contribution >= 0.6 is 11.3 Å². The Morgan fingerprint density at radius 1 is 1.31 bits per heavy atom. The number of pyridine rings is 1. The second-order valence-corrected chi connectivity index (χ2v) is 4.67. The highest BCUT2D eigenvalue weighted by Gasteiger charge is 2.02. The van der Waals surface area contributed by atoms with Crippen molar-refractivity contribution in [2.45, 2.75) is 13.1 Å². The molecule has 0 spiro atoms. The van der Waals surface area contributed by atoms with Gasteiger partial charge in [-0.25, -0.2) is 4.98 Å². The number of rotatable bonds is 4. The highest BCUT2D eigenvalue weighted by Crippen LogP contribution is 2.11. The van der Waals surface area contributed by atoms with Crippen molar-refractivity contribution in [2.24, 2.45) is 0 Å². The first-order valence-electron chi connectivity index (χ1n) is 5.14. The molecule has 0 aromatic carbocycles. The molecule has 0 unspecified atom stereocenters. The summed E-state index contributed by atoms with van der Waals surface area (Å²) in [6.07, 6.45) is 1.75. The zero-order valence-electron chi connectivity index (χ0n) is 9.26. The van der Waals surface area contributed by atoms with E-state index in [1.54, 1.807) is 17.5 Å². The average molecular weight is 233 g/mol. The number of hydrogen-bond donors (Lipinski definition) is 1. The Balaban J connectivity index is 1.94. The third kappa shape index (κ3) is 3.05. The van der Waals surface area contributed by atoms with E-state index in [0.717, 1.165) is 13.1 Å². The van der Waals surface area contributed by atoms with Gasteiger partial charge in [0.25, 0.3) is 0 Å². The van der Waals surface area contributed by atoms with Crippen molar-refractivity contribution < 1.29 is 0 Å². The molecule has 0 radical (unpaired) electrons. The number of nitrogens with zero attached hydrogens (tertiary/aromatic N) is 2. The third-order valence-electron chi connectivity index (χ3n) is 2.33. The molecule has 2 N–H and O–H groups in total. The summed E-state index contributed by atoms with van der Waals surface area (Å²) in [5.74, 6) is 0.585. The normalized spacial score (nSPS) is 10.9. The SMILES string of the molecule is CN(Cc1ccsc1)Cc1ccnc(N)c1. The van der Waals surface area contributed by atoms with Gasteiger partial charge >= 0.3 is 0 Å². The number of hydrogen-bond acceptors (Lipinski definition) is 4. The zero-order valence-corrected chi connectivity index (χ0v) is 10.1. The predicted octanol–water partition coefficient (Wildman–Crippen LogP) is 2.36. The molecular weight excluding hydrogens is 218 g/mol. The molecule has 2 rings (SSSR count). The van der Waals surface area contributed by atoms with E-state index in [2.05, 4.69) is 33.8 Å². The van der Waals surface area contributed by atoms with Crippen LogP contribution in [0.4, 0.5) is 5.82 Å². The highest BCUT2D eigenvalue weighted by atomic mass is 32.1. The number of thiophene rings is 1. The van der Waals surface area contributed by atoms with Gasteiger partial charge in [-0.15, -0.1) is 0 Å². The monoisotopic (exact) mass is 233 g/mol. The fraction of sp³-hybridized carbons (Fsp3) is 0.250. The minimum atomic E-state index is 0.585. The van der Waals surface area contributed by atoms with Crippen LogP contribution in [0, 0.1) is 0 Å². The van der Waals surface area contributed by atoms with Gasteiger partial charge in [0.15, 0.2) is 0 Å². The summed E-state index contributed by atoms with van der Waals surface area (Å²) in [5.41, 5.74) is 8.20. The molecule has 0 fully saturated rings. The van der Waals surface area contributed by atoms with Crippen molar-refractivity contribution in [3.05, 3.63) is 46.3 Å². The molecule has 2 aromatic rings. The number of aromatic nitrogens is 1. The molecule has 0 amide bonds. The smallest absolute Gasteiger partial charge is 0.123 e. The second-order valence-electron chi connectivity index (χ2n) is 3.89. The fourth-order valence-corrected chi connectivity index (χ4v) is 2.31. The third-order valence-corrected chi connectivity index (χ3v) is 3.06. The standard InChI is InChI=1S/C12H15N3S/c1-15(8-11-3-5-16-9-11)7-10-2-4-14-12(13)6-10/h2-6,9H,7-8H2,1H3,(H2,13,14). The average Bonchev–Trinajstić information content (AvgIpc) is 2.70. The van der Waals surface area contributed by atoms with Crippen molar-refractivity contribution >= 4 is 17.2 Å². The van der Waals surface area contributed by atoms with E-state index in [0.29, 0.717) is 5.82 Å². The molecule has 0 saturated carbocycles. The zero-order chi connectivity index (χ0) is 11.4. The molecule has 0 saturated heterocycles. The van der Waals surface area contributed by atoms with E-state index >= 15 is 0 Å². The summed E-state index contributed by atoms with van der Waals surface area (Å²) in [6, 6.07) is 6.08. The summed E-state index contributed by atoms with van der Waals surface area (Å²) in [7, 11) is 2.11. The maximum atomic E-state index is 5.64. The van der Waals surface area contributed by atoms with Crippen molar-refractivity contribution in [3.63, 3.8) is 0 Å². The highest BCUT2D eigenvalue weighted by molar-refractivity contribution is 7.07. The quantitative estimate of drug-likeness (QED) is 0.881. The van der Waals surface area contributed by atoms with Gasteiger partial charge in [-0.3, -0.25) is 4.90 Å². The van der Waals surface area contributed by atoms with Crippen LogP contribution in [-0.4, -0.2) is 16.9 Å². The summed E-state index contributed by atoms with van der Waals surface area (Å²) >= 11 is 1.73. The van der Waals surface area contributed by atoms with Crippen LogP contribution in [0.3, 0.4) is 0 Å². The van der Waals surface area contributed by atoms with Crippen LogP contribution in [0.2, 0.25) is 0 Å². The minimum Gasteiger partial charge on any atom is -0.384 e. The largest absolute Gasteiger partial charge is 0.384 e. The molecule has 16 heavy (non-hydrogen) atoms. The van der Waals surface area contributed by atoms with Gasteiger partial charge in [-0.05, 0) is 47.1 Å². The van der Waals surface area contributed by atoms with Gasteiger partial charge in [0.05, 0.1) is 0 Å². The number of anilines is 1. The lowest BCUT2D eigenvalue weighted by Crippen LogP contribution is -2.16. The molecule has 2 heterocycles. The molecular formula is C12H15N3S. The summed E-state index contributed by atoms with van der Waals surface area (Å²) in [5, 5.41) is 4.28. The lowest BCUT2D eigenvalue weighted by Gasteiger charge is -2.15. The van der Waals surface area contributed by atoms with Gasteiger partial charge < -0.3 is 5.73 Å². The number of nitrogens with two attached hydrogens (primary N) is 1. The number of nitrogen functional groups attached to an aromatic ring is 1. The second kappa shape index (κ2) is 5.09. The van der Waals surface area contributed by atoms with E-state index in [-0.39, 0.29) is 0 Å². The van der Waals surface area contributed by atoms with Crippen molar-refractivity contribution in [1.29, 1.82) is 0 Å². The Bertz CT molecular complexity index is 439. The fourth-order valence-electron chi connectivity index (χ4n) is 1.65. The molecule has 4 heteroatoms. The predicted molar refractivity (Wildman–Crippen MR) is 68.1 cm³/mol. The Hall–Kier alpha value is -1.39. The van der Waals surface area contributed by atoms with E-state index < -0.39 is 0 Å². The summed E-state index contributed by atoms with van der Waals surface area (Å²) < 4.78 is 0. The van der Waals surface area contributed by atoms with E-state index in [1.807, 2.05) is 12.1 Å². The lowest BCUT2D eigenvalue weighted by molar-refractivity contribution is 0.319. The summed E-state index contributed by atoms with van der Waals surface area (Å²) in [6.45, 7) is 1.86. The van der Waals surface area contributed by atoms with Gasteiger partial charge in [-0.1, -0.05) is 0 Å². The molecule has 0 bridgehead atoms. The summed E-state index contributed by atoms with van der Waals surface area (Å²) in [4.78, 5) is 6.24. The van der Waals surface area contributed by atoms with Crippen LogP contribution in [-0.2, 0) is 13.1 Å². The molecule has 3 nitrogen and oxygen atoms in total. The first kappa shape index (κ1) is 11.1. The first-order chi connectivity index (χ1) is 7.74. The Kier molecular flexibility index (Phi) is 3.54. The Labute approximate surface area is 99.5 Å². The van der Waals surface area contributed by atoms with Crippen LogP contribution in [0.15, 0.2) is 35.2 Å². The van der Waals surface area contributed by atoms with Crippen molar-refractivity contribution in [1.82, 2.24) is 9.88 Å². The van der Waals surface area contributed by atoms with Crippen molar-refractivity contribution in [3.8, 4) is 0 Å². The van der Waals surface area contributed by atoms with Gasteiger partial charge in [0.1, 0.15) is 5.82 Å². The molecule has 0 aliphatic carbocycles. The molecule has 0 aliphatic rings. The van der Waals surface area contributed by atoms with E-state index in [9.17, 15) is 0 Å². The van der Waals surface area contributed by atoms with E-state index in [4.69, 9.17) is 5.73 Å². The minimum absolute atomic E-state index is 0.585. The Morgan fingerprint density at radius 2 is 2.12 bits per heavy atom. The molecule has 2 aromatic heterocycles. The van der Waals surface area contributed by atoms with Gasteiger partial charge in [0.2, 0.25) is 0 Å². The topological polar surface area (TPSA) is 42.2 Å². The maximum Gasteiger partial charge on any atom is 0.123 e. The van der Waals surface area contributed by atoms with Crippen LogP contribution in [0.25, 0.3) is 0 Å². The van der Waals surface area contributed by atoms with Crippen LogP contribution in [0.1, 0.15) is 11.1 Å². The van der Waals surface area contributed by atoms with Gasteiger partial charge in [-0.2, -0.15) is 11.3 Å². The van der Waals surface area contributed by atoms with Crippen LogP contribution < -0.4 is 5.73 Å².